The van der Waals surface area contributed by atoms with Crippen LogP contribution in [0.2, 0.25) is 0 Å². The third-order valence-electron chi connectivity index (χ3n) is 5.63. The molecule has 0 N–H and O–H groups in total. The van der Waals surface area contributed by atoms with Crippen molar-refractivity contribution in [1.29, 1.82) is 0 Å². The van der Waals surface area contributed by atoms with Gasteiger partial charge in [-0.25, -0.2) is 0 Å². The first-order valence-electron chi connectivity index (χ1n) is 10.6. The van der Waals surface area contributed by atoms with Crippen molar-refractivity contribution in [2.75, 3.05) is 29.6 Å². The molecule has 0 aliphatic carbocycles. The van der Waals surface area contributed by atoms with Gasteiger partial charge in [-0.2, -0.15) is 0 Å². The predicted molar refractivity (Wildman–Crippen MR) is 141 cm³/mol. The maximum absolute atomic E-state index is 13.7. The number of hydrogen-bond donors (Lipinski definition) is 0. The minimum absolute atomic E-state index is 0.199. The minimum atomic E-state index is -0.258. The number of carbonyl (C=O) groups excluding carboxylic acids is 2. The highest BCUT2D eigenvalue weighted by molar-refractivity contribution is 8.27. The highest BCUT2D eigenvalue weighted by Gasteiger charge is 2.43. The molecule has 1 saturated heterocycles. The molecule has 0 saturated carbocycles. The molecule has 0 bridgehead atoms. The van der Waals surface area contributed by atoms with Crippen molar-refractivity contribution in [2.45, 2.75) is 13.8 Å². The van der Waals surface area contributed by atoms with Crippen LogP contribution in [0.4, 0.5) is 11.4 Å². The summed E-state index contributed by atoms with van der Waals surface area (Å²) in [6.07, 6.45) is 3.60. The maximum Gasteiger partial charge on any atom is 0.271 e. The summed E-state index contributed by atoms with van der Waals surface area (Å²) in [5.41, 5.74) is 4.76. The second-order valence-corrected chi connectivity index (χ2v) is 9.65. The molecule has 168 valence electrons. The zero-order valence-electron chi connectivity index (χ0n) is 18.7. The lowest BCUT2D eigenvalue weighted by molar-refractivity contribution is -0.115. The largest absolute Gasteiger partial charge is 0.294 e. The van der Waals surface area contributed by atoms with Gasteiger partial charge in [-0.3, -0.25) is 24.3 Å². The summed E-state index contributed by atoms with van der Waals surface area (Å²) in [7, 11) is 0. The van der Waals surface area contributed by atoms with Crippen LogP contribution in [0.15, 0.2) is 72.7 Å². The molecule has 0 spiro atoms. The van der Waals surface area contributed by atoms with E-state index in [1.165, 1.54) is 16.7 Å². The Balaban J connectivity index is 1.76. The number of hydrogen-bond acceptors (Lipinski definition) is 5. The number of aryl methyl sites for hydroxylation is 2. The Kier molecular flexibility index (Phi) is 6.65. The Labute approximate surface area is 204 Å². The average molecular weight is 476 g/mol. The van der Waals surface area contributed by atoms with Crippen LogP contribution >= 0.6 is 24.0 Å². The topological polar surface area (TPSA) is 43.9 Å². The number of anilines is 2. The first-order valence-corrected chi connectivity index (χ1v) is 11.8. The Morgan fingerprint density at radius 1 is 1.00 bits per heavy atom. The van der Waals surface area contributed by atoms with Gasteiger partial charge in [-0.05, 0) is 31.5 Å². The van der Waals surface area contributed by atoms with Crippen LogP contribution in [0.5, 0.6) is 0 Å². The lowest BCUT2D eigenvalue weighted by Crippen LogP contribution is -2.40. The summed E-state index contributed by atoms with van der Waals surface area (Å²) in [5, 5.41) is 0. The van der Waals surface area contributed by atoms with Gasteiger partial charge in [0.15, 0.2) is 4.32 Å². The Hall–Kier alpha value is -3.00. The van der Waals surface area contributed by atoms with Crippen LogP contribution in [0.1, 0.15) is 16.7 Å². The van der Waals surface area contributed by atoms with Gasteiger partial charge in [0.25, 0.3) is 11.8 Å². The summed E-state index contributed by atoms with van der Waals surface area (Å²) in [5.74, 6) is -0.457. The fraction of sp³-hybridized carbons (Fsp3) is 0.192. The van der Waals surface area contributed by atoms with E-state index in [9.17, 15) is 9.59 Å². The molecular formula is C26H25N3O2S2. The smallest absolute Gasteiger partial charge is 0.271 e. The highest BCUT2D eigenvalue weighted by Crippen LogP contribution is 2.46. The highest BCUT2D eigenvalue weighted by atomic mass is 32.2. The number of rotatable bonds is 7. The quantitative estimate of drug-likeness (QED) is 0.318. The summed E-state index contributed by atoms with van der Waals surface area (Å²) in [6, 6.07) is 13.5. The van der Waals surface area contributed by atoms with Crippen LogP contribution in [0, 0.1) is 13.8 Å². The molecule has 1 fully saturated rings. The lowest BCUT2D eigenvalue weighted by atomic mass is 10.1. The molecule has 33 heavy (non-hydrogen) atoms. The SMILES string of the molecule is C=CCN(CC=C)CN1C(=O)C(=C2SC(=S)N(c3ccc(C)cc3C)C2=O)c2ccccc21. The number of carbonyl (C=O) groups is 2. The van der Waals surface area contributed by atoms with Gasteiger partial charge >= 0.3 is 0 Å². The average Bonchev–Trinajstić information content (AvgIpc) is 3.21. The van der Waals surface area contributed by atoms with E-state index in [0.717, 1.165) is 28.1 Å². The number of thioether (sulfide) groups is 1. The zero-order valence-corrected chi connectivity index (χ0v) is 20.3. The third kappa shape index (κ3) is 4.19. The van der Waals surface area contributed by atoms with Crippen molar-refractivity contribution in [2.24, 2.45) is 0 Å². The summed E-state index contributed by atoms with van der Waals surface area (Å²) >= 11 is 6.78. The molecule has 2 aromatic rings. The summed E-state index contributed by atoms with van der Waals surface area (Å²) in [6.45, 7) is 13.2. The number of thiocarbonyl (C=S) groups is 1. The normalized spacial score (nSPS) is 17.8. The second kappa shape index (κ2) is 9.47. The Morgan fingerprint density at radius 3 is 2.36 bits per heavy atom. The maximum atomic E-state index is 13.7. The van der Waals surface area contributed by atoms with Crippen LogP contribution < -0.4 is 9.80 Å². The van der Waals surface area contributed by atoms with Gasteiger partial charge in [-0.15, -0.1) is 13.2 Å². The molecule has 4 rings (SSSR count). The monoisotopic (exact) mass is 475 g/mol. The van der Waals surface area contributed by atoms with Gasteiger partial charge < -0.3 is 0 Å². The molecular weight excluding hydrogens is 450 g/mol. The Bertz CT molecular complexity index is 1210. The van der Waals surface area contributed by atoms with E-state index in [4.69, 9.17) is 12.2 Å². The van der Waals surface area contributed by atoms with E-state index >= 15 is 0 Å². The second-order valence-electron chi connectivity index (χ2n) is 8.01. The van der Waals surface area contributed by atoms with E-state index in [1.807, 2.05) is 56.3 Å². The molecule has 0 unspecified atom stereocenters. The number of fused-ring (bicyclic) bond motifs is 1. The van der Waals surface area contributed by atoms with Gasteiger partial charge in [0.1, 0.15) is 0 Å². The molecule has 2 heterocycles. The van der Waals surface area contributed by atoms with E-state index in [0.29, 0.717) is 34.6 Å². The minimum Gasteiger partial charge on any atom is -0.294 e. The van der Waals surface area contributed by atoms with Crippen molar-refractivity contribution in [3.05, 3.63) is 89.4 Å². The lowest BCUT2D eigenvalue weighted by Gasteiger charge is -2.26. The summed E-state index contributed by atoms with van der Waals surface area (Å²) < 4.78 is 0.429. The van der Waals surface area contributed by atoms with Gasteiger partial charge in [0.05, 0.1) is 28.5 Å². The van der Waals surface area contributed by atoms with Crippen molar-refractivity contribution in [3.63, 3.8) is 0 Å². The number of amides is 2. The Morgan fingerprint density at radius 2 is 1.70 bits per heavy atom. The van der Waals surface area contributed by atoms with Crippen molar-refractivity contribution < 1.29 is 9.59 Å². The molecule has 2 aromatic carbocycles. The van der Waals surface area contributed by atoms with E-state index in [2.05, 4.69) is 18.1 Å². The fourth-order valence-electron chi connectivity index (χ4n) is 4.18. The van der Waals surface area contributed by atoms with E-state index in [1.54, 1.807) is 17.1 Å². The van der Waals surface area contributed by atoms with Gasteiger partial charge in [0, 0.05) is 18.7 Å². The third-order valence-corrected chi connectivity index (χ3v) is 7.00. The summed E-state index contributed by atoms with van der Waals surface area (Å²) in [4.78, 5) is 32.9. The van der Waals surface area contributed by atoms with Crippen molar-refractivity contribution >= 4 is 57.1 Å². The molecule has 0 atom stereocenters. The first kappa shape index (κ1) is 23.2. The van der Waals surface area contributed by atoms with Crippen molar-refractivity contribution in [1.82, 2.24) is 4.90 Å². The van der Waals surface area contributed by atoms with Crippen LogP contribution in [-0.2, 0) is 9.59 Å². The van der Waals surface area contributed by atoms with Gasteiger partial charge in [0.2, 0.25) is 0 Å². The molecule has 2 amide bonds. The van der Waals surface area contributed by atoms with E-state index < -0.39 is 0 Å². The van der Waals surface area contributed by atoms with Crippen LogP contribution in [0.3, 0.4) is 0 Å². The molecule has 0 radical (unpaired) electrons. The van der Waals surface area contributed by atoms with Gasteiger partial charge in [-0.1, -0.05) is 72.0 Å². The predicted octanol–water partition coefficient (Wildman–Crippen LogP) is 5.06. The van der Waals surface area contributed by atoms with Crippen LogP contribution in [-0.4, -0.2) is 40.8 Å². The first-order chi connectivity index (χ1) is 15.9. The van der Waals surface area contributed by atoms with E-state index in [-0.39, 0.29) is 11.8 Å². The van der Waals surface area contributed by atoms with Crippen molar-refractivity contribution in [3.8, 4) is 0 Å². The molecule has 2 aliphatic rings. The van der Waals surface area contributed by atoms with Crippen LogP contribution in [0.25, 0.3) is 5.57 Å². The fourth-order valence-corrected chi connectivity index (χ4v) is 5.53. The number of nitrogens with zero attached hydrogens (tertiary/aromatic N) is 3. The zero-order chi connectivity index (χ0) is 23.7. The molecule has 7 heteroatoms. The standard InChI is InChI=1S/C26H25N3O2S2/c1-5-13-27(14-6-2)16-28-21-10-8-7-9-19(21)22(24(28)30)23-25(31)29(26(32)33-23)20-12-11-17(3)15-18(20)4/h5-12,15H,1-2,13-14,16H2,3-4H3. The number of benzene rings is 2. The molecule has 0 aromatic heterocycles. The number of para-hydroxylation sites is 1. The molecule has 2 aliphatic heterocycles. The molecule has 5 nitrogen and oxygen atoms in total.